The van der Waals surface area contributed by atoms with Gasteiger partial charge in [0.1, 0.15) is 5.75 Å². The number of hydrogen-bond acceptors (Lipinski definition) is 4. The maximum Gasteiger partial charge on any atom is 0.231 e. The van der Waals surface area contributed by atoms with Gasteiger partial charge in [-0.05, 0) is 54.3 Å². The Labute approximate surface area is 162 Å². The topological polar surface area (TPSA) is 46.7 Å². The molecule has 1 unspecified atom stereocenters. The molecule has 3 heterocycles. The Morgan fingerprint density at radius 1 is 1.22 bits per heavy atom. The molecule has 1 atom stereocenters. The summed E-state index contributed by atoms with van der Waals surface area (Å²) in [5.74, 6) is 2.91. The van der Waals surface area contributed by atoms with Gasteiger partial charge in [0.2, 0.25) is 6.79 Å². The Hall–Kier alpha value is -2.37. The lowest BCUT2D eigenvalue weighted by molar-refractivity contribution is 0.174. The molecule has 2 aliphatic rings. The fourth-order valence-electron chi connectivity index (χ4n) is 4.14. The number of benzene rings is 2. The van der Waals surface area contributed by atoms with Gasteiger partial charge in [0.05, 0.1) is 7.11 Å². The molecule has 0 aliphatic carbocycles. The van der Waals surface area contributed by atoms with Crippen LogP contribution in [0.15, 0.2) is 36.5 Å². The molecule has 2 aromatic carbocycles. The molecule has 3 aromatic rings. The molecule has 0 radical (unpaired) electrons. The number of fused-ring (bicyclic) bond motifs is 2. The van der Waals surface area contributed by atoms with Crippen molar-refractivity contribution in [2.45, 2.75) is 18.9 Å². The molecule has 0 amide bonds. The van der Waals surface area contributed by atoms with Gasteiger partial charge in [-0.25, -0.2) is 0 Å². The zero-order valence-corrected chi connectivity index (χ0v) is 15.9. The summed E-state index contributed by atoms with van der Waals surface area (Å²) in [6.07, 6.45) is 3.28. The van der Waals surface area contributed by atoms with Gasteiger partial charge >= 0.3 is 0 Å². The van der Waals surface area contributed by atoms with Crippen LogP contribution in [0, 0.1) is 0 Å². The lowest BCUT2D eigenvalue weighted by Gasteiger charge is -2.17. The van der Waals surface area contributed by atoms with Gasteiger partial charge in [0.15, 0.2) is 11.5 Å². The maximum absolute atomic E-state index is 6.45. The van der Waals surface area contributed by atoms with Crippen LogP contribution in [0.1, 0.15) is 23.5 Å². The zero-order chi connectivity index (χ0) is 18.4. The van der Waals surface area contributed by atoms with Crippen LogP contribution in [0.5, 0.6) is 17.2 Å². The van der Waals surface area contributed by atoms with Gasteiger partial charge in [0, 0.05) is 41.3 Å². The highest BCUT2D eigenvalue weighted by Gasteiger charge is 2.27. The van der Waals surface area contributed by atoms with Crippen LogP contribution in [-0.4, -0.2) is 36.9 Å². The van der Waals surface area contributed by atoms with Gasteiger partial charge in [0.25, 0.3) is 0 Å². The van der Waals surface area contributed by atoms with Crippen molar-refractivity contribution < 1.29 is 14.2 Å². The first-order chi connectivity index (χ1) is 13.2. The summed E-state index contributed by atoms with van der Waals surface area (Å²) in [5, 5.41) is 1.99. The molecule has 1 N–H and O–H groups in total. The van der Waals surface area contributed by atoms with E-state index in [2.05, 4.69) is 28.2 Å². The van der Waals surface area contributed by atoms with Crippen molar-refractivity contribution in [3.63, 3.8) is 0 Å². The van der Waals surface area contributed by atoms with Crippen LogP contribution >= 0.6 is 11.6 Å². The standard InChI is InChI=1S/C21H21ClN2O3/c1-25-15-2-3-19-16(7-15)17(9-23-19)13-4-5-24(10-13)11-14-6-20-21(8-18(14)22)27-12-26-20/h2-3,6-9,13,23H,4-5,10-12H2,1H3. The van der Waals surface area contributed by atoms with Crippen LogP contribution in [0.2, 0.25) is 5.02 Å². The van der Waals surface area contributed by atoms with Crippen molar-refractivity contribution in [1.29, 1.82) is 0 Å². The smallest absolute Gasteiger partial charge is 0.231 e. The van der Waals surface area contributed by atoms with E-state index < -0.39 is 0 Å². The minimum atomic E-state index is 0.269. The normalized spacial score (nSPS) is 19.1. The number of rotatable bonds is 4. The van der Waals surface area contributed by atoms with Crippen LogP contribution in [0.3, 0.4) is 0 Å². The summed E-state index contributed by atoms with van der Waals surface area (Å²) in [7, 11) is 1.71. The molecular formula is C21H21ClN2O3. The minimum Gasteiger partial charge on any atom is -0.497 e. The first-order valence-electron chi connectivity index (χ1n) is 9.16. The highest BCUT2D eigenvalue weighted by atomic mass is 35.5. The Morgan fingerprint density at radius 2 is 2.07 bits per heavy atom. The van der Waals surface area contributed by atoms with Crippen molar-refractivity contribution in [3.05, 3.63) is 52.7 Å². The number of ether oxygens (including phenoxy) is 3. The van der Waals surface area contributed by atoms with Crippen molar-refractivity contribution in [1.82, 2.24) is 9.88 Å². The number of methoxy groups -OCH3 is 1. The third kappa shape index (κ3) is 3.01. The van der Waals surface area contributed by atoms with Crippen molar-refractivity contribution in [2.24, 2.45) is 0 Å². The van der Waals surface area contributed by atoms with E-state index in [0.717, 1.165) is 59.4 Å². The van der Waals surface area contributed by atoms with E-state index >= 15 is 0 Å². The van der Waals surface area contributed by atoms with E-state index in [1.165, 1.54) is 10.9 Å². The summed E-state index contributed by atoms with van der Waals surface area (Å²) >= 11 is 6.45. The molecule has 1 aromatic heterocycles. The molecule has 5 rings (SSSR count). The molecule has 0 spiro atoms. The summed E-state index contributed by atoms with van der Waals surface area (Å²) in [6.45, 7) is 3.14. The fourth-order valence-corrected chi connectivity index (χ4v) is 4.35. The lowest BCUT2D eigenvalue weighted by atomic mass is 9.98. The maximum atomic E-state index is 6.45. The van der Waals surface area contributed by atoms with Crippen molar-refractivity contribution in [2.75, 3.05) is 27.0 Å². The monoisotopic (exact) mass is 384 g/mol. The van der Waals surface area contributed by atoms with Crippen molar-refractivity contribution >= 4 is 22.5 Å². The van der Waals surface area contributed by atoms with Gasteiger partial charge in [-0.3, -0.25) is 4.90 Å². The molecule has 140 valence electrons. The van der Waals surface area contributed by atoms with Crippen LogP contribution in [-0.2, 0) is 6.54 Å². The number of nitrogens with zero attached hydrogens (tertiary/aromatic N) is 1. The molecule has 6 heteroatoms. The van der Waals surface area contributed by atoms with Crippen molar-refractivity contribution in [3.8, 4) is 17.2 Å². The molecule has 2 aliphatic heterocycles. The van der Waals surface area contributed by atoms with E-state index in [-0.39, 0.29) is 6.79 Å². The number of aromatic nitrogens is 1. The second-order valence-electron chi connectivity index (χ2n) is 7.17. The highest BCUT2D eigenvalue weighted by Crippen LogP contribution is 2.39. The van der Waals surface area contributed by atoms with Crippen LogP contribution in [0.25, 0.3) is 10.9 Å². The SMILES string of the molecule is COc1ccc2[nH]cc(C3CCN(Cc4cc5c(cc4Cl)OCO5)C3)c2c1. The summed E-state index contributed by atoms with van der Waals surface area (Å²) in [5.41, 5.74) is 3.61. The summed E-state index contributed by atoms with van der Waals surface area (Å²) in [4.78, 5) is 5.84. The molecule has 27 heavy (non-hydrogen) atoms. The fraction of sp³-hybridized carbons (Fsp3) is 0.333. The molecule has 0 saturated carbocycles. The van der Waals surface area contributed by atoms with E-state index in [9.17, 15) is 0 Å². The van der Waals surface area contributed by atoms with E-state index in [4.69, 9.17) is 25.8 Å². The molecule has 0 bridgehead atoms. The number of likely N-dealkylation sites (tertiary alicyclic amines) is 1. The number of H-pyrrole nitrogens is 1. The average molecular weight is 385 g/mol. The molecule has 5 nitrogen and oxygen atoms in total. The Balaban J connectivity index is 1.35. The number of nitrogens with one attached hydrogen (secondary N) is 1. The summed E-state index contributed by atoms with van der Waals surface area (Å²) in [6, 6.07) is 10.1. The van der Waals surface area contributed by atoms with Gasteiger partial charge in [-0.1, -0.05) is 11.6 Å². The quantitative estimate of drug-likeness (QED) is 0.717. The number of halogens is 1. The van der Waals surface area contributed by atoms with E-state index in [1.54, 1.807) is 7.11 Å². The summed E-state index contributed by atoms with van der Waals surface area (Å²) < 4.78 is 16.3. The molecule has 1 fully saturated rings. The van der Waals surface area contributed by atoms with Crippen LogP contribution in [0.4, 0.5) is 0 Å². The number of hydrogen-bond donors (Lipinski definition) is 1. The average Bonchev–Trinajstić information content (AvgIpc) is 3.40. The first kappa shape index (κ1) is 16.8. The molecule has 1 saturated heterocycles. The first-order valence-corrected chi connectivity index (χ1v) is 9.54. The third-order valence-electron chi connectivity index (χ3n) is 5.57. The van der Waals surface area contributed by atoms with Gasteiger partial charge < -0.3 is 19.2 Å². The van der Waals surface area contributed by atoms with E-state index in [0.29, 0.717) is 5.92 Å². The second-order valence-corrected chi connectivity index (χ2v) is 7.58. The predicted octanol–water partition coefficient (Wildman–Crippen LogP) is 4.55. The Bertz CT molecular complexity index is 1000. The lowest BCUT2D eigenvalue weighted by Crippen LogP contribution is -2.20. The third-order valence-corrected chi connectivity index (χ3v) is 5.92. The van der Waals surface area contributed by atoms with Crippen LogP contribution < -0.4 is 14.2 Å². The Kier molecular flexibility index (Phi) is 4.14. The predicted molar refractivity (Wildman–Crippen MR) is 105 cm³/mol. The highest BCUT2D eigenvalue weighted by molar-refractivity contribution is 6.31. The Morgan fingerprint density at radius 3 is 2.93 bits per heavy atom. The van der Waals surface area contributed by atoms with Gasteiger partial charge in [-0.2, -0.15) is 0 Å². The molecular weight excluding hydrogens is 364 g/mol. The second kappa shape index (κ2) is 6.66. The minimum absolute atomic E-state index is 0.269. The largest absolute Gasteiger partial charge is 0.497 e. The van der Waals surface area contributed by atoms with Gasteiger partial charge in [-0.15, -0.1) is 0 Å². The zero-order valence-electron chi connectivity index (χ0n) is 15.1. The van der Waals surface area contributed by atoms with E-state index in [1.807, 2.05) is 18.2 Å². The number of aromatic amines is 1.